The Kier molecular flexibility index (Phi) is 2.29. The number of pyridine rings is 1. The Morgan fingerprint density at radius 1 is 1.46 bits per heavy atom. The lowest BCUT2D eigenvalue weighted by molar-refractivity contribution is 0.476. The number of nitrogens with zero attached hydrogens (tertiary/aromatic N) is 1. The van der Waals surface area contributed by atoms with Gasteiger partial charge in [-0.3, -0.25) is 4.98 Å². The monoisotopic (exact) mass is 300 g/mol. The van der Waals surface area contributed by atoms with Gasteiger partial charge in [0, 0.05) is 11.6 Å². The summed E-state index contributed by atoms with van der Waals surface area (Å²) in [6.07, 6.45) is 1.63. The molecule has 0 saturated carbocycles. The van der Waals surface area contributed by atoms with Gasteiger partial charge in [-0.25, -0.2) is 0 Å². The highest BCUT2D eigenvalue weighted by atomic mass is 122. The number of aromatic nitrogens is 1. The number of phenols is 1. The first-order valence-electron chi connectivity index (χ1n) is 3.62. The third kappa shape index (κ3) is 1.46. The predicted molar refractivity (Wildman–Crippen MR) is 61.1 cm³/mol. The molecule has 0 amide bonds. The first-order valence-corrected chi connectivity index (χ1v) is 5.07. The molecule has 2 nitrogen and oxygen atoms in total. The van der Waals surface area contributed by atoms with Crippen molar-refractivity contribution in [2.24, 2.45) is 0 Å². The Bertz CT molecular complexity index is 472. The highest BCUT2D eigenvalue weighted by Crippen LogP contribution is 2.33. The maximum Gasteiger partial charge on any atom is 0.155 e. The molecular formula is C9H5ClINO. The molecule has 13 heavy (non-hydrogen) atoms. The van der Waals surface area contributed by atoms with Crippen molar-refractivity contribution in [1.29, 1.82) is 0 Å². The van der Waals surface area contributed by atoms with E-state index in [0.717, 1.165) is 5.39 Å². The van der Waals surface area contributed by atoms with Crippen LogP contribution in [0.15, 0.2) is 24.4 Å². The van der Waals surface area contributed by atoms with Crippen molar-refractivity contribution in [3.63, 3.8) is 0 Å². The van der Waals surface area contributed by atoms with Crippen LogP contribution in [-0.2, 0) is 0 Å². The van der Waals surface area contributed by atoms with Crippen molar-refractivity contribution < 1.29 is 5.11 Å². The standard InChI is InChI=1S/C9H5ClINO/c10-6-4-7(11)9(13)8-5(6)2-1-3-12-8/h1-4,13H/i11-5. The van der Waals surface area contributed by atoms with Gasteiger partial charge in [-0.15, -0.1) is 0 Å². The summed E-state index contributed by atoms with van der Waals surface area (Å²) in [6, 6.07) is 5.35. The van der Waals surface area contributed by atoms with Crippen LogP contribution in [0.25, 0.3) is 10.9 Å². The maximum atomic E-state index is 9.65. The summed E-state index contributed by atoms with van der Waals surface area (Å²) < 4.78 is 0.716. The van der Waals surface area contributed by atoms with E-state index in [9.17, 15) is 5.11 Å². The fourth-order valence-electron chi connectivity index (χ4n) is 1.16. The van der Waals surface area contributed by atoms with Crippen LogP contribution < -0.4 is 0 Å². The van der Waals surface area contributed by atoms with Crippen molar-refractivity contribution in [3.8, 4) is 5.75 Å². The number of hydrogen-bond donors (Lipinski definition) is 1. The molecule has 2 rings (SSSR count). The second kappa shape index (κ2) is 3.31. The molecule has 0 atom stereocenters. The quantitative estimate of drug-likeness (QED) is 0.758. The lowest BCUT2D eigenvalue weighted by Gasteiger charge is -2.03. The van der Waals surface area contributed by atoms with E-state index in [1.54, 1.807) is 18.3 Å². The number of rotatable bonds is 0. The molecule has 0 radical (unpaired) electrons. The summed E-state index contributed by atoms with van der Waals surface area (Å²) in [5.74, 6) is 0.195. The smallest absolute Gasteiger partial charge is 0.155 e. The molecule has 1 heterocycles. The van der Waals surface area contributed by atoms with Crippen LogP contribution >= 0.6 is 34.2 Å². The maximum absolute atomic E-state index is 9.65. The molecule has 0 saturated heterocycles. The Morgan fingerprint density at radius 2 is 2.23 bits per heavy atom. The molecule has 0 bridgehead atoms. The van der Waals surface area contributed by atoms with Gasteiger partial charge < -0.3 is 5.11 Å². The molecule has 0 aliphatic heterocycles. The van der Waals surface area contributed by atoms with E-state index in [0.29, 0.717) is 14.1 Å². The highest BCUT2D eigenvalue weighted by Gasteiger charge is 2.08. The van der Waals surface area contributed by atoms with E-state index in [2.05, 4.69) is 4.98 Å². The molecule has 1 N–H and O–H groups in total. The first kappa shape index (κ1) is 9.02. The van der Waals surface area contributed by atoms with E-state index < -0.39 is 0 Å². The van der Waals surface area contributed by atoms with Gasteiger partial charge in [-0.2, -0.15) is 0 Å². The van der Waals surface area contributed by atoms with Crippen LogP contribution in [0.3, 0.4) is 0 Å². The van der Waals surface area contributed by atoms with Crippen molar-refractivity contribution in [2.75, 3.05) is 0 Å². The van der Waals surface area contributed by atoms with Crippen molar-refractivity contribution in [3.05, 3.63) is 33.0 Å². The number of halogens is 2. The third-order valence-electron chi connectivity index (χ3n) is 1.77. The van der Waals surface area contributed by atoms with Crippen LogP contribution in [0.5, 0.6) is 5.75 Å². The summed E-state index contributed by atoms with van der Waals surface area (Å²) in [5.41, 5.74) is 0.555. The minimum Gasteiger partial charge on any atom is -0.505 e. The van der Waals surface area contributed by atoms with Crippen molar-refractivity contribution >= 4 is 45.1 Å². The molecule has 0 fully saturated rings. The van der Waals surface area contributed by atoms with Gasteiger partial charge in [0.1, 0.15) is 5.52 Å². The molecule has 4 heteroatoms. The Labute approximate surface area is 93.7 Å². The number of phenolic OH excluding ortho intramolecular Hbond substituents is 1. The summed E-state index contributed by atoms with van der Waals surface area (Å²) in [6.45, 7) is 0. The van der Waals surface area contributed by atoms with E-state index in [1.165, 1.54) is 0 Å². The van der Waals surface area contributed by atoms with Crippen LogP contribution in [0, 0.1) is 3.57 Å². The topological polar surface area (TPSA) is 33.1 Å². The number of hydrogen-bond acceptors (Lipinski definition) is 2. The Hall–Kier alpha value is -0.550. The number of benzene rings is 1. The average molecular weight is 301 g/mol. The van der Waals surface area contributed by atoms with E-state index in [1.807, 2.05) is 28.7 Å². The van der Waals surface area contributed by atoms with Gasteiger partial charge >= 0.3 is 0 Å². The molecule has 0 spiro atoms. The van der Waals surface area contributed by atoms with E-state index >= 15 is 0 Å². The normalized spacial score (nSPS) is 10.6. The Balaban J connectivity index is 2.97. The minimum atomic E-state index is 0.195. The van der Waals surface area contributed by atoms with Gasteiger partial charge in [-0.05, 0) is 40.8 Å². The number of aromatic hydroxyl groups is 1. The molecular weight excluding hydrogens is 295 g/mol. The second-order valence-electron chi connectivity index (χ2n) is 2.59. The molecule has 66 valence electrons. The fraction of sp³-hybridized carbons (Fsp3) is 0. The molecule has 0 aliphatic carbocycles. The molecule has 1 aromatic heterocycles. The third-order valence-corrected chi connectivity index (χ3v) is 2.90. The average Bonchev–Trinajstić information content (AvgIpc) is 2.15. The van der Waals surface area contributed by atoms with Crippen molar-refractivity contribution in [2.45, 2.75) is 0 Å². The van der Waals surface area contributed by atoms with Crippen LogP contribution in [-0.4, -0.2) is 10.1 Å². The summed E-state index contributed by atoms with van der Waals surface area (Å²) in [5, 5.41) is 11.0. The van der Waals surface area contributed by atoms with E-state index in [4.69, 9.17) is 11.6 Å². The predicted octanol–water partition coefficient (Wildman–Crippen LogP) is 3.20. The largest absolute Gasteiger partial charge is 0.505 e. The number of fused-ring (bicyclic) bond motifs is 1. The van der Waals surface area contributed by atoms with Gasteiger partial charge in [0.05, 0.1) is 8.59 Å². The molecule has 2 aromatic rings. The van der Waals surface area contributed by atoms with Crippen LogP contribution in [0.2, 0.25) is 5.02 Å². The Morgan fingerprint density at radius 3 is 3.00 bits per heavy atom. The van der Waals surface area contributed by atoms with Crippen molar-refractivity contribution in [1.82, 2.24) is 4.98 Å². The molecule has 1 aromatic carbocycles. The van der Waals surface area contributed by atoms with Gasteiger partial charge in [-0.1, -0.05) is 11.6 Å². The SMILES string of the molecule is Oc1c([122I])cc(Cl)c2cccnc12. The zero-order chi connectivity index (χ0) is 9.42. The zero-order valence-electron chi connectivity index (χ0n) is 6.46. The second-order valence-corrected chi connectivity index (χ2v) is 4.16. The zero-order valence-corrected chi connectivity index (χ0v) is 9.37. The van der Waals surface area contributed by atoms with E-state index in [-0.39, 0.29) is 5.75 Å². The van der Waals surface area contributed by atoms with Gasteiger partial charge in [0.2, 0.25) is 0 Å². The van der Waals surface area contributed by atoms with Crippen LogP contribution in [0.1, 0.15) is 0 Å². The summed E-state index contributed by atoms with van der Waals surface area (Å²) >= 11 is 8.00. The lowest BCUT2D eigenvalue weighted by Crippen LogP contribution is -1.83. The van der Waals surface area contributed by atoms with Gasteiger partial charge in [0.15, 0.2) is 5.75 Å². The summed E-state index contributed by atoms with van der Waals surface area (Å²) in [7, 11) is 0. The minimum absolute atomic E-state index is 0.195. The molecule has 0 aliphatic rings. The summed E-state index contributed by atoms with van der Waals surface area (Å²) in [4.78, 5) is 4.06. The highest BCUT2D eigenvalue weighted by molar-refractivity contribution is 14.1. The molecule has 0 unspecified atom stereocenters. The van der Waals surface area contributed by atoms with Crippen LogP contribution in [0.4, 0.5) is 0 Å². The first-order chi connectivity index (χ1) is 6.20. The lowest BCUT2D eigenvalue weighted by atomic mass is 10.2. The van der Waals surface area contributed by atoms with Gasteiger partial charge in [0.25, 0.3) is 0 Å². The fourth-order valence-corrected chi connectivity index (χ4v) is 2.17.